The fourth-order valence-electron chi connectivity index (χ4n) is 4.49. The molecule has 4 nitrogen and oxygen atoms in total. The van der Waals surface area contributed by atoms with Gasteiger partial charge in [0.05, 0.1) is 0 Å². The predicted molar refractivity (Wildman–Crippen MR) is 181 cm³/mol. The van der Waals surface area contributed by atoms with Crippen LogP contribution >= 0.6 is 20.2 Å². The molecule has 0 spiro atoms. The number of nitrogens with zero attached hydrogens (tertiary/aromatic N) is 2. The summed E-state index contributed by atoms with van der Waals surface area (Å²) in [6.07, 6.45) is 3.18. The van der Waals surface area contributed by atoms with Gasteiger partial charge in [-0.15, -0.1) is 11.4 Å². The van der Waals surface area contributed by atoms with Crippen LogP contribution in [0.15, 0.2) is 53.9 Å². The fourth-order valence-corrected chi connectivity index (χ4v) is 4.49. The molecule has 0 saturated heterocycles. The maximum absolute atomic E-state index is 11.2. The zero-order chi connectivity index (χ0) is 32.7. The molecule has 2 rings (SSSR count). The van der Waals surface area contributed by atoms with E-state index in [9.17, 15) is 9.59 Å². The van der Waals surface area contributed by atoms with E-state index in [1.54, 1.807) is 26.0 Å². The molecule has 0 bridgehead atoms. The van der Waals surface area contributed by atoms with Crippen LogP contribution in [0.1, 0.15) is 135 Å². The van der Waals surface area contributed by atoms with Crippen molar-refractivity contribution in [1.29, 1.82) is 0 Å². The quantitative estimate of drug-likeness (QED) is 0.189. The molecule has 2 aromatic carbocycles. The third-order valence-electron chi connectivity index (χ3n) is 6.30. The summed E-state index contributed by atoms with van der Waals surface area (Å²) in [6, 6.07) is 10.7. The van der Waals surface area contributed by atoms with Crippen molar-refractivity contribution in [3.05, 3.63) is 92.3 Å². The Morgan fingerprint density at radius 3 is 1.19 bits per heavy atom. The summed E-state index contributed by atoms with van der Waals surface area (Å²) < 4.78 is 0. The second-order valence-corrected chi connectivity index (χ2v) is 13.6. The molecule has 0 radical (unpaired) electrons. The molecular formula is C35H50Cl2FeN2O2-2. The minimum atomic E-state index is 0.0365. The molecular weight excluding hydrogens is 607 g/mol. The summed E-state index contributed by atoms with van der Waals surface area (Å²) in [7, 11) is 9.53. The van der Waals surface area contributed by atoms with Crippen LogP contribution in [-0.2, 0) is 22.7 Å². The van der Waals surface area contributed by atoms with Crippen molar-refractivity contribution in [3.8, 4) is 0 Å². The number of rotatable bonds is 10. The Hall–Kier alpha value is -2.04. The van der Waals surface area contributed by atoms with E-state index in [0.717, 1.165) is 22.8 Å². The molecule has 0 atom stereocenters. The van der Waals surface area contributed by atoms with Crippen LogP contribution in [0.2, 0.25) is 0 Å². The van der Waals surface area contributed by atoms with Crippen LogP contribution < -0.4 is 0 Å². The Morgan fingerprint density at radius 2 is 0.929 bits per heavy atom. The predicted octanol–water partition coefficient (Wildman–Crippen LogP) is 12.5. The van der Waals surface area contributed by atoms with Gasteiger partial charge in [0.1, 0.15) is 0 Å². The summed E-state index contributed by atoms with van der Waals surface area (Å²) in [5.41, 5.74) is 9.86. The fraction of sp³-hybridized carbons (Fsp3) is 0.486. The summed E-state index contributed by atoms with van der Waals surface area (Å²) in [5.74, 6) is 1.74. The number of para-hydroxylation sites is 1. The van der Waals surface area contributed by atoms with Gasteiger partial charge in [0.25, 0.3) is 0 Å². The number of aryl methyl sites for hydroxylation is 1. The topological polar surface area (TPSA) is 62.3 Å². The van der Waals surface area contributed by atoms with E-state index in [1.165, 1.54) is 27.8 Å². The van der Waals surface area contributed by atoms with Crippen LogP contribution in [-0.4, -0.2) is 11.6 Å². The number of carbonyl (C=O) groups excluding carboxylic acids is 2. The molecule has 0 unspecified atom stereocenters. The van der Waals surface area contributed by atoms with E-state index in [4.69, 9.17) is 25.5 Å². The standard InChI is InChI=1S/C18H27NO.C17H25NO.2ClH.Fe/c1-11(2)16-8-13(5)9-17(12(3)4)18(16)19-14(6)10-15(7)20;1-11(2)15-8-7-9-16(12(3)4)17(15)18-13(5)10-14(6)19;;;/h8-12H,1-7H3,(H,19,20);7-12H,1-6H3,(H,18,19);2*1H;/q;;;;+2/p-4. The van der Waals surface area contributed by atoms with Crippen molar-refractivity contribution in [1.82, 2.24) is 0 Å². The normalized spacial score (nSPS) is 11.8. The summed E-state index contributed by atoms with van der Waals surface area (Å²) in [6.45, 7) is 26.4. The molecule has 0 aliphatic heterocycles. The summed E-state index contributed by atoms with van der Waals surface area (Å²) >= 11 is 0.194. The van der Waals surface area contributed by atoms with Gasteiger partial charge in [0, 0.05) is 0 Å². The number of hydrogen-bond donors (Lipinski definition) is 0. The van der Waals surface area contributed by atoms with Crippen molar-refractivity contribution in [3.63, 3.8) is 0 Å². The number of halogens is 2. The van der Waals surface area contributed by atoms with Gasteiger partial charge >= 0.3 is 33.3 Å². The second kappa shape index (κ2) is 20.0. The Morgan fingerprint density at radius 1 is 0.643 bits per heavy atom. The number of allylic oxidation sites excluding steroid dienone is 4. The molecule has 0 aliphatic rings. The molecule has 0 saturated carbocycles. The van der Waals surface area contributed by atoms with Gasteiger partial charge in [-0.25, -0.2) is 0 Å². The SMILES string of the molecule is CC(=O)/C=C(/C)[N-]c1c(C(C)C)cc(C)cc1C(C)C.CC(=O)/C=C(/C)[N-]c1c(C(C)C)cccc1C(C)C.[Cl][Fe][Cl]. The Kier molecular flexibility index (Phi) is 19.0. The van der Waals surface area contributed by atoms with E-state index in [0.29, 0.717) is 23.7 Å². The first-order valence-corrected chi connectivity index (χ1v) is 17.4. The molecule has 42 heavy (non-hydrogen) atoms. The van der Waals surface area contributed by atoms with Crippen LogP contribution in [0.25, 0.3) is 10.6 Å². The van der Waals surface area contributed by atoms with Crippen LogP contribution in [0.3, 0.4) is 0 Å². The van der Waals surface area contributed by atoms with Crippen molar-refractivity contribution in [2.75, 3.05) is 0 Å². The zero-order valence-corrected chi connectivity index (χ0v) is 30.3. The van der Waals surface area contributed by atoms with Crippen LogP contribution in [0, 0.1) is 6.92 Å². The Bertz CT molecular complexity index is 1180. The van der Waals surface area contributed by atoms with Gasteiger partial charge in [-0.05, 0) is 56.6 Å². The first-order chi connectivity index (χ1) is 19.5. The van der Waals surface area contributed by atoms with Crippen molar-refractivity contribution in [2.45, 2.75) is 114 Å². The third-order valence-corrected chi connectivity index (χ3v) is 6.30. The summed E-state index contributed by atoms with van der Waals surface area (Å²) in [5, 5.41) is 9.40. The van der Waals surface area contributed by atoms with E-state index >= 15 is 0 Å². The first kappa shape index (κ1) is 40.0. The first-order valence-electron chi connectivity index (χ1n) is 14.4. The van der Waals surface area contributed by atoms with Gasteiger partial charge in [-0.1, -0.05) is 127 Å². The zero-order valence-electron chi connectivity index (χ0n) is 27.7. The van der Waals surface area contributed by atoms with Gasteiger partial charge in [-0.3, -0.25) is 9.59 Å². The molecule has 0 heterocycles. The molecule has 0 N–H and O–H groups in total. The third kappa shape index (κ3) is 14.4. The van der Waals surface area contributed by atoms with Gasteiger partial charge in [0.15, 0.2) is 11.6 Å². The number of hydrogen-bond acceptors (Lipinski definition) is 2. The molecule has 236 valence electrons. The van der Waals surface area contributed by atoms with Crippen molar-refractivity contribution >= 4 is 43.1 Å². The number of ketones is 2. The average Bonchev–Trinajstić information content (AvgIpc) is 2.84. The number of benzene rings is 2. The Labute approximate surface area is 270 Å². The Balaban J connectivity index is 0.000000732. The molecule has 2 aromatic rings. The van der Waals surface area contributed by atoms with Crippen LogP contribution in [0.5, 0.6) is 0 Å². The van der Waals surface area contributed by atoms with Crippen LogP contribution in [0.4, 0.5) is 11.4 Å². The number of carbonyl (C=O) groups is 2. The van der Waals surface area contributed by atoms with Gasteiger partial charge in [-0.2, -0.15) is 11.4 Å². The maximum atomic E-state index is 11.2. The van der Waals surface area contributed by atoms with Crippen molar-refractivity contribution < 1.29 is 22.7 Å². The second-order valence-electron chi connectivity index (χ2n) is 11.8. The van der Waals surface area contributed by atoms with Crippen molar-refractivity contribution in [2.24, 2.45) is 0 Å². The van der Waals surface area contributed by atoms with E-state index in [1.807, 2.05) is 13.8 Å². The van der Waals surface area contributed by atoms with E-state index in [-0.39, 0.29) is 24.7 Å². The monoisotopic (exact) mass is 656 g/mol. The molecule has 0 aliphatic carbocycles. The molecule has 0 fully saturated rings. The molecule has 0 amide bonds. The molecule has 7 heteroatoms. The average molecular weight is 658 g/mol. The van der Waals surface area contributed by atoms with E-state index in [2.05, 4.69) is 98.0 Å². The van der Waals surface area contributed by atoms with Gasteiger partial charge < -0.3 is 10.6 Å². The van der Waals surface area contributed by atoms with Gasteiger partial charge in [0.2, 0.25) is 0 Å². The molecule has 0 aromatic heterocycles. The summed E-state index contributed by atoms with van der Waals surface area (Å²) in [4.78, 5) is 22.3. The minimum absolute atomic E-state index is 0.0365. The van der Waals surface area contributed by atoms with E-state index < -0.39 is 0 Å².